The lowest BCUT2D eigenvalue weighted by Crippen LogP contribution is -2.44. The van der Waals surface area contributed by atoms with E-state index in [0.29, 0.717) is 32.2 Å². The molecule has 10 nitrogen and oxygen atoms in total. The average molecular weight is 582 g/mol. The van der Waals surface area contributed by atoms with Crippen molar-refractivity contribution in [3.05, 3.63) is 35.2 Å². The molecule has 1 aliphatic heterocycles. The third kappa shape index (κ3) is 9.46. The minimum atomic E-state index is -4.54. The lowest BCUT2D eigenvalue weighted by Gasteiger charge is -2.25. The predicted molar refractivity (Wildman–Crippen MR) is 145 cm³/mol. The molecule has 2 N–H and O–H groups in total. The van der Waals surface area contributed by atoms with E-state index in [1.165, 1.54) is 11.0 Å². The normalized spacial score (nSPS) is 16.2. The molecule has 2 aromatic rings. The number of carbonyl (C=O) groups is 2. The van der Waals surface area contributed by atoms with Gasteiger partial charge in [-0.05, 0) is 58.1 Å². The van der Waals surface area contributed by atoms with Gasteiger partial charge in [-0.3, -0.25) is 5.32 Å². The van der Waals surface area contributed by atoms with E-state index in [9.17, 15) is 27.9 Å². The second-order valence-corrected chi connectivity index (χ2v) is 11.0. The average Bonchev–Trinajstić information content (AvgIpc) is 3.53. The van der Waals surface area contributed by atoms with E-state index in [-0.39, 0.29) is 28.8 Å². The molecule has 1 aliphatic rings. The fraction of sp³-hybridized carbons (Fsp3) is 0.607. The molecule has 13 heteroatoms. The minimum Gasteiger partial charge on any atom is -0.465 e. The fourth-order valence-electron chi connectivity index (χ4n) is 4.69. The van der Waals surface area contributed by atoms with Gasteiger partial charge >= 0.3 is 18.4 Å². The van der Waals surface area contributed by atoms with E-state index < -0.39 is 35.6 Å². The first-order chi connectivity index (χ1) is 19.3. The number of aliphatic imine (C=N–C) groups is 1. The van der Waals surface area contributed by atoms with Gasteiger partial charge in [-0.15, -0.1) is 4.99 Å². The molecular formula is C28H38F3N5O5. The number of carboxylic acid groups (broad SMARTS) is 1. The van der Waals surface area contributed by atoms with Crippen LogP contribution in [0.5, 0.6) is 0 Å². The number of likely N-dealkylation sites (tertiary alicyclic amines) is 1. The first-order valence-electron chi connectivity index (χ1n) is 13.9. The maximum Gasteiger partial charge on any atom is 0.437 e. The summed E-state index contributed by atoms with van der Waals surface area (Å²) in [6.07, 6.45) is 0.272. The van der Waals surface area contributed by atoms with Crippen LogP contribution in [0.1, 0.15) is 102 Å². The van der Waals surface area contributed by atoms with Crippen molar-refractivity contribution in [2.45, 2.75) is 103 Å². The van der Waals surface area contributed by atoms with Crippen molar-refractivity contribution in [1.82, 2.24) is 20.4 Å². The highest BCUT2D eigenvalue weighted by atomic mass is 19.4. The maximum atomic E-state index is 13.9. The standard InChI is InChI=1S/C28H38F3N5O5/c1-5-6-7-8-9-10-12-18-14-15-19(17-20(18)28(29,30)31)22-32-23(41-35-22)21-13-11-16-36(21)24(33-25(37)38)34-26(39)40-27(2,3)4/h14-15,17,21H,5-13,16H2,1-4H3,(H,37,38)(H,33,34,39). The smallest absolute Gasteiger partial charge is 0.437 e. The Labute approximate surface area is 237 Å². The molecule has 41 heavy (non-hydrogen) atoms. The largest absolute Gasteiger partial charge is 0.465 e. The Kier molecular flexibility index (Phi) is 10.7. The molecule has 0 bridgehead atoms. The fourth-order valence-corrected chi connectivity index (χ4v) is 4.69. The quantitative estimate of drug-likeness (QED) is 0.179. The third-order valence-corrected chi connectivity index (χ3v) is 6.53. The number of aryl methyl sites for hydroxylation is 1. The molecule has 2 heterocycles. The molecule has 1 saturated heterocycles. The molecule has 1 atom stereocenters. The van der Waals surface area contributed by atoms with Gasteiger partial charge in [-0.2, -0.15) is 18.2 Å². The Bertz CT molecular complexity index is 1220. The van der Waals surface area contributed by atoms with Crippen LogP contribution in [0, 0.1) is 0 Å². The number of hydrogen-bond acceptors (Lipinski definition) is 6. The molecule has 1 aromatic carbocycles. The van der Waals surface area contributed by atoms with E-state index in [1.807, 2.05) is 0 Å². The summed E-state index contributed by atoms with van der Waals surface area (Å²) in [4.78, 5) is 33.3. The third-order valence-electron chi connectivity index (χ3n) is 6.53. The van der Waals surface area contributed by atoms with Crippen molar-refractivity contribution in [2.75, 3.05) is 6.54 Å². The number of unbranched alkanes of at least 4 members (excludes halogenated alkanes) is 5. The van der Waals surface area contributed by atoms with Crippen molar-refractivity contribution in [3.63, 3.8) is 0 Å². The van der Waals surface area contributed by atoms with Crippen molar-refractivity contribution >= 4 is 18.1 Å². The van der Waals surface area contributed by atoms with Crippen molar-refractivity contribution in [2.24, 2.45) is 4.99 Å². The molecule has 226 valence electrons. The van der Waals surface area contributed by atoms with Gasteiger partial charge < -0.3 is 19.3 Å². The first kappa shape index (κ1) is 31.9. The lowest BCUT2D eigenvalue weighted by molar-refractivity contribution is -0.138. The highest BCUT2D eigenvalue weighted by molar-refractivity contribution is 5.98. The van der Waals surface area contributed by atoms with Gasteiger partial charge in [0, 0.05) is 12.1 Å². The summed E-state index contributed by atoms with van der Waals surface area (Å²) in [5, 5.41) is 15.3. The SMILES string of the molecule is CCCCCCCCc1ccc(-c2noc(C3CCCN3C(=NC(=O)OC(C)(C)C)NC(=O)O)n2)cc1C(F)(F)F. The number of guanidine groups is 1. The van der Waals surface area contributed by atoms with Gasteiger partial charge in [0.1, 0.15) is 11.6 Å². The Morgan fingerprint density at radius 2 is 1.88 bits per heavy atom. The number of rotatable bonds is 9. The van der Waals surface area contributed by atoms with E-state index in [0.717, 1.165) is 38.2 Å². The summed E-state index contributed by atoms with van der Waals surface area (Å²) < 4.78 is 52.4. The van der Waals surface area contributed by atoms with Crippen LogP contribution in [-0.4, -0.2) is 50.4 Å². The van der Waals surface area contributed by atoms with Gasteiger partial charge in [0.2, 0.25) is 17.7 Å². The Morgan fingerprint density at radius 3 is 2.54 bits per heavy atom. The lowest BCUT2D eigenvalue weighted by atomic mass is 9.97. The van der Waals surface area contributed by atoms with Gasteiger partial charge in [0.05, 0.1) is 5.56 Å². The van der Waals surface area contributed by atoms with E-state index >= 15 is 0 Å². The first-order valence-corrected chi connectivity index (χ1v) is 13.9. The number of ether oxygens (including phenoxy) is 1. The van der Waals surface area contributed by atoms with Gasteiger partial charge in [0.15, 0.2) is 0 Å². The summed E-state index contributed by atoms with van der Waals surface area (Å²) in [5.74, 6) is -0.237. The topological polar surface area (TPSA) is 130 Å². The van der Waals surface area contributed by atoms with Gasteiger partial charge in [-0.25, -0.2) is 9.59 Å². The van der Waals surface area contributed by atoms with Crippen molar-refractivity contribution < 1.29 is 37.1 Å². The van der Waals surface area contributed by atoms with Crippen LogP contribution >= 0.6 is 0 Å². The number of alkyl halides is 3. The van der Waals surface area contributed by atoms with E-state index in [2.05, 4.69) is 27.4 Å². The molecule has 1 aromatic heterocycles. The van der Waals surface area contributed by atoms with Crippen LogP contribution < -0.4 is 5.32 Å². The number of carbonyl (C=O) groups excluding carboxylic acids is 1. The zero-order chi connectivity index (χ0) is 30.2. The van der Waals surface area contributed by atoms with Crippen LogP contribution in [0.4, 0.5) is 22.8 Å². The summed E-state index contributed by atoms with van der Waals surface area (Å²) in [5.41, 5.74) is -1.20. The molecule has 0 aliphatic carbocycles. The maximum absolute atomic E-state index is 13.9. The van der Waals surface area contributed by atoms with Crippen LogP contribution in [0.15, 0.2) is 27.7 Å². The number of amides is 2. The number of nitrogens with zero attached hydrogens (tertiary/aromatic N) is 4. The highest BCUT2D eigenvalue weighted by Crippen LogP contribution is 2.36. The monoisotopic (exact) mass is 581 g/mol. The molecule has 2 amide bonds. The van der Waals surface area contributed by atoms with Crippen LogP contribution in [0.25, 0.3) is 11.4 Å². The summed E-state index contributed by atoms with van der Waals surface area (Å²) in [7, 11) is 0. The van der Waals surface area contributed by atoms with Crippen LogP contribution in [0.3, 0.4) is 0 Å². The molecule has 0 saturated carbocycles. The van der Waals surface area contributed by atoms with Gasteiger partial charge in [0.25, 0.3) is 0 Å². The summed E-state index contributed by atoms with van der Waals surface area (Å²) in [6.45, 7) is 7.37. The van der Waals surface area contributed by atoms with Crippen molar-refractivity contribution in [3.8, 4) is 11.4 Å². The summed E-state index contributed by atoms with van der Waals surface area (Å²) >= 11 is 0. The number of hydrogen-bond donors (Lipinski definition) is 2. The predicted octanol–water partition coefficient (Wildman–Crippen LogP) is 7.35. The zero-order valence-electron chi connectivity index (χ0n) is 23.9. The number of aromatic nitrogens is 2. The minimum absolute atomic E-state index is 0.0275. The zero-order valence-corrected chi connectivity index (χ0v) is 23.9. The van der Waals surface area contributed by atoms with Gasteiger partial charge in [-0.1, -0.05) is 56.3 Å². The molecule has 3 rings (SSSR count). The second-order valence-electron chi connectivity index (χ2n) is 11.0. The van der Waals surface area contributed by atoms with Crippen LogP contribution in [-0.2, 0) is 17.3 Å². The molecule has 0 spiro atoms. The highest BCUT2D eigenvalue weighted by Gasteiger charge is 2.36. The molecular weight excluding hydrogens is 543 g/mol. The molecule has 1 unspecified atom stereocenters. The summed E-state index contributed by atoms with van der Waals surface area (Å²) in [6, 6.07) is 3.39. The van der Waals surface area contributed by atoms with E-state index in [4.69, 9.17) is 9.26 Å². The Hall–Kier alpha value is -3.64. The van der Waals surface area contributed by atoms with Crippen LogP contribution in [0.2, 0.25) is 0 Å². The number of benzene rings is 1. The molecule has 0 radical (unpaired) electrons. The molecule has 1 fully saturated rings. The number of halogens is 3. The van der Waals surface area contributed by atoms with E-state index in [1.54, 1.807) is 26.8 Å². The second kappa shape index (κ2) is 13.8. The Morgan fingerprint density at radius 1 is 1.17 bits per heavy atom. The number of nitrogens with one attached hydrogen (secondary N) is 1. The van der Waals surface area contributed by atoms with Crippen molar-refractivity contribution in [1.29, 1.82) is 0 Å². The Balaban J connectivity index is 1.82.